The van der Waals surface area contributed by atoms with Crippen molar-refractivity contribution in [2.45, 2.75) is 45.3 Å². The molecule has 7 heteroatoms. The monoisotopic (exact) mass is 344 g/mol. The highest BCUT2D eigenvalue weighted by Gasteiger charge is 2.24. The van der Waals surface area contributed by atoms with Crippen LogP contribution >= 0.6 is 0 Å². The summed E-state index contributed by atoms with van der Waals surface area (Å²) < 4.78 is 1.70. The fourth-order valence-corrected chi connectivity index (χ4v) is 3.18. The molecule has 2 N–H and O–H groups in total. The van der Waals surface area contributed by atoms with Crippen LogP contribution in [0.4, 0.5) is 5.95 Å². The predicted molar refractivity (Wildman–Crippen MR) is 97.3 cm³/mol. The highest BCUT2D eigenvalue weighted by molar-refractivity contribution is 5.32. The molecule has 1 fully saturated rings. The minimum Gasteiger partial charge on any atom is -0.384 e. The Morgan fingerprint density at radius 2 is 2.00 bits per heavy atom. The van der Waals surface area contributed by atoms with Crippen molar-refractivity contribution in [3.8, 4) is 0 Å². The van der Waals surface area contributed by atoms with Crippen LogP contribution in [-0.4, -0.2) is 44.5 Å². The standard InChI is InChI=1S/C18H28N6O/c1-14-9-16(22-17(21-14)24-7-5-4-6-8-24)11-19-13-18(2,25)15-10-20-23(3)12-15/h9-10,12,19,25H,4-8,11,13H2,1-3H3. The Balaban J connectivity index is 1.62. The van der Waals surface area contributed by atoms with Crippen LogP contribution in [0, 0.1) is 6.92 Å². The van der Waals surface area contributed by atoms with Crippen LogP contribution in [0.5, 0.6) is 0 Å². The minimum atomic E-state index is -0.966. The number of nitrogens with one attached hydrogen (secondary N) is 1. The van der Waals surface area contributed by atoms with Crippen molar-refractivity contribution < 1.29 is 5.11 Å². The van der Waals surface area contributed by atoms with E-state index in [4.69, 9.17) is 4.98 Å². The number of aryl methyl sites for hydroxylation is 2. The fraction of sp³-hybridized carbons (Fsp3) is 0.611. The van der Waals surface area contributed by atoms with Crippen molar-refractivity contribution in [1.29, 1.82) is 0 Å². The Bertz CT molecular complexity index is 705. The van der Waals surface area contributed by atoms with Gasteiger partial charge in [0.05, 0.1) is 11.9 Å². The molecular weight excluding hydrogens is 316 g/mol. The zero-order valence-electron chi connectivity index (χ0n) is 15.4. The van der Waals surface area contributed by atoms with Crippen LogP contribution in [0.25, 0.3) is 0 Å². The highest BCUT2D eigenvalue weighted by atomic mass is 16.3. The third-order valence-electron chi connectivity index (χ3n) is 4.64. The average molecular weight is 344 g/mol. The third-order valence-corrected chi connectivity index (χ3v) is 4.64. The number of anilines is 1. The number of aliphatic hydroxyl groups is 1. The van der Waals surface area contributed by atoms with Crippen LogP contribution in [-0.2, 0) is 19.2 Å². The molecule has 25 heavy (non-hydrogen) atoms. The van der Waals surface area contributed by atoms with Gasteiger partial charge in [0.1, 0.15) is 5.60 Å². The summed E-state index contributed by atoms with van der Waals surface area (Å²) in [4.78, 5) is 11.6. The van der Waals surface area contributed by atoms with E-state index in [9.17, 15) is 5.11 Å². The van der Waals surface area contributed by atoms with Gasteiger partial charge in [-0.15, -0.1) is 0 Å². The predicted octanol–water partition coefficient (Wildman–Crippen LogP) is 1.51. The molecule has 3 heterocycles. The highest BCUT2D eigenvalue weighted by Crippen LogP contribution is 2.19. The largest absolute Gasteiger partial charge is 0.384 e. The smallest absolute Gasteiger partial charge is 0.225 e. The Kier molecular flexibility index (Phi) is 5.34. The van der Waals surface area contributed by atoms with E-state index in [2.05, 4.69) is 20.3 Å². The second kappa shape index (κ2) is 7.49. The van der Waals surface area contributed by atoms with E-state index in [0.717, 1.165) is 36.0 Å². The molecule has 1 atom stereocenters. The molecule has 2 aromatic heterocycles. The molecule has 0 aromatic carbocycles. The van der Waals surface area contributed by atoms with E-state index >= 15 is 0 Å². The lowest BCUT2D eigenvalue weighted by Gasteiger charge is -2.27. The van der Waals surface area contributed by atoms with Crippen LogP contribution in [0.3, 0.4) is 0 Å². The molecule has 1 aliphatic rings. The number of aromatic nitrogens is 4. The van der Waals surface area contributed by atoms with Crippen molar-refractivity contribution >= 4 is 5.95 Å². The summed E-state index contributed by atoms with van der Waals surface area (Å²) in [5.41, 5.74) is 1.77. The summed E-state index contributed by atoms with van der Waals surface area (Å²) in [6, 6.07) is 2.00. The van der Waals surface area contributed by atoms with E-state index in [-0.39, 0.29) is 0 Å². The minimum absolute atomic E-state index is 0.431. The Morgan fingerprint density at radius 1 is 1.24 bits per heavy atom. The molecule has 0 saturated carbocycles. The van der Waals surface area contributed by atoms with Gasteiger partial charge in [0.25, 0.3) is 0 Å². The molecule has 1 aliphatic heterocycles. The molecule has 3 rings (SSSR count). The first-order valence-corrected chi connectivity index (χ1v) is 8.96. The summed E-state index contributed by atoms with van der Waals surface area (Å²) in [6.45, 7) is 6.89. The number of nitrogens with zero attached hydrogens (tertiary/aromatic N) is 5. The SMILES string of the molecule is Cc1cc(CNCC(C)(O)c2cnn(C)c2)nc(N2CCCCC2)n1. The maximum atomic E-state index is 10.6. The van der Waals surface area contributed by atoms with E-state index in [1.54, 1.807) is 17.8 Å². The number of piperidine rings is 1. The number of rotatable bonds is 6. The normalized spacial score (nSPS) is 17.5. The summed E-state index contributed by atoms with van der Waals surface area (Å²) in [7, 11) is 1.85. The summed E-state index contributed by atoms with van der Waals surface area (Å²) in [5.74, 6) is 0.829. The van der Waals surface area contributed by atoms with Gasteiger partial charge in [-0.25, -0.2) is 9.97 Å². The zero-order valence-corrected chi connectivity index (χ0v) is 15.4. The number of hydrogen-bond acceptors (Lipinski definition) is 6. The maximum absolute atomic E-state index is 10.6. The van der Waals surface area contributed by atoms with Crippen molar-refractivity contribution in [2.24, 2.45) is 7.05 Å². The molecule has 2 aromatic rings. The zero-order chi connectivity index (χ0) is 17.9. The Labute approximate surface area is 149 Å². The van der Waals surface area contributed by atoms with Crippen molar-refractivity contribution in [3.05, 3.63) is 35.4 Å². The van der Waals surface area contributed by atoms with Gasteiger partial charge in [0.2, 0.25) is 5.95 Å². The molecular formula is C18H28N6O. The topological polar surface area (TPSA) is 79.1 Å². The van der Waals surface area contributed by atoms with Crippen LogP contribution in [0.1, 0.15) is 43.1 Å². The van der Waals surface area contributed by atoms with Gasteiger partial charge in [-0.1, -0.05) is 0 Å². The Morgan fingerprint density at radius 3 is 2.68 bits per heavy atom. The Hall–Kier alpha value is -1.99. The second-order valence-electron chi connectivity index (χ2n) is 7.13. The molecule has 1 unspecified atom stereocenters. The fourth-order valence-electron chi connectivity index (χ4n) is 3.18. The van der Waals surface area contributed by atoms with E-state index in [1.165, 1.54) is 19.3 Å². The maximum Gasteiger partial charge on any atom is 0.225 e. The third kappa shape index (κ3) is 4.55. The average Bonchev–Trinajstić information content (AvgIpc) is 3.02. The molecule has 0 spiro atoms. The van der Waals surface area contributed by atoms with Gasteiger partial charge in [-0.3, -0.25) is 4.68 Å². The van der Waals surface area contributed by atoms with Crippen molar-refractivity contribution in [3.63, 3.8) is 0 Å². The second-order valence-corrected chi connectivity index (χ2v) is 7.13. The summed E-state index contributed by atoms with van der Waals surface area (Å²) in [6.07, 6.45) is 7.24. The molecule has 0 amide bonds. The van der Waals surface area contributed by atoms with Crippen LogP contribution < -0.4 is 10.2 Å². The first-order chi connectivity index (χ1) is 11.9. The number of hydrogen-bond donors (Lipinski definition) is 2. The lowest BCUT2D eigenvalue weighted by atomic mass is 10.00. The molecule has 0 radical (unpaired) electrons. The molecule has 0 bridgehead atoms. The van der Waals surface area contributed by atoms with Crippen molar-refractivity contribution in [2.75, 3.05) is 24.5 Å². The molecule has 1 saturated heterocycles. The molecule has 0 aliphatic carbocycles. The lowest BCUT2D eigenvalue weighted by molar-refractivity contribution is 0.0565. The van der Waals surface area contributed by atoms with Gasteiger partial charge in [-0.05, 0) is 39.2 Å². The van der Waals surface area contributed by atoms with Gasteiger partial charge < -0.3 is 15.3 Å². The van der Waals surface area contributed by atoms with E-state index in [0.29, 0.717) is 13.1 Å². The quantitative estimate of drug-likeness (QED) is 0.827. The first kappa shape index (κ1) is 17.8. The van der Waals surface area contributed by atoms with E-state index < -0.39 is 5.60 Å². The van der Waals surface area contributed by atoms with Gasteiger partial charge in [0.15, 0.2) is 0 Å². The van der Waals surface area contributed by atoms with Crippen LogP contribution in [0.2, 0.25) is 0 Å². The van der Waals surface area contributed by atoms with Gasteiger partial charge in [-0.2, -0.15) is 5.10 Å². The van der Waals surface area contributed by atoms with Crippen LogP contribution in [0.15, 0.2) is 18.5 Å². The summed E-state index contributed by atoms with van der Waals surface area (Å²) in [5, 5.41) is 18.1. The molecule has 136 valence electrons. The lowest BCUT2D eigenvalue weighted by Crippen LogP contribution is -2.35. The van der Waals surface area contributed by atoms with Gasteiger partial charge in [0, 0.05) is 50.7 Å². The van der Waals surface area contributed by atoms with Gasteiger partial charge >= 0.3 is 0 Å². The van der Waals surface area contributed by atoms with E-state index in [1.807, 2.05) is 26.2 Å². The molecule has 7 nitrogen and oxygen atoms in total. The first-order valence-electron chi connectivity index (χ1n) is 8.96. The van der Waals surface area contributed by atoms with Crippen molar-refractivity contribution in [1.82, 2.24) is 25.1 Å². The summed E-state index contributed by atoms with van der Waals surface area (Å²) >= 11 is 0.